The van der Waals surface area contributed by atoms with E-state index in [0.717, 1.165) is 28.1 Å². The molecule has 1 heterocycles. The first kappa shape index (κ1) is 32.9. The van der Waals surface area contributed by atoms with Crippen LogP contribution in [-0.4, -0.2) is 40.2 Å². The van der Waals surface area contributed by atoms with Gasteiger partial charge in [0.15, 0.2) is 0 Å². The van der Waals surface area contributed by atoms with Crippen molar-refractivity contribution in [3.63, 3.8) is 0 Å². The van der Waals surface area contributed by atoms with Gasteiger partial charge in [0.2, 0.25) is 0 Å². The molecule has 0 aliphatic rings. The molecule has 1 aromatic heterocycles. The Bertz CT molecular complexity index is 1610. The van der Waals surface area contributed by atoms with Crippen LogP contribution in [0.5, 0.6) is 5.75 Å². The van der Waals surface area contributed by atoms with Crippen molar-refractivity contribution in [2.45, 2.75) is 45.5 Å². The van der Waals surface area contributed by atoms with E-state index >= 15 is 0 Å². The summed E-state index contributed by atoms with van der Waals surface area (Å²) >= 11 is 6.33. The first-order chi connectivity index (χ1) is 21.1. The molecule has 232 valence electrons. The van der Waals surface area contributed by atoms with Crippen molar-refractivity contribution < 1.29 is 27.8 Å². The number of nitrogens with zero attached hydrogens (tertiary/aromatic N) is 2. The normalized spacial score (nSPS) is 13.2. The Morgan fingerprint density at radius 2 is 1.80 bits per heavy atom. The quantitative estimate of drug-likeness (QED) is 0.112. The minimum Gasteiger partial charge on any atom is -0.493 e. The molecule has 0 saturated carbocycles. The third-order valence-corrected chi connectivity index (χ3v) is 7.92. The highest BCUT2D eigenvalue weighted by Crippen LogP contribution is 2.37. The molecule has 0 saturated heterocycles. The van der Waals surface area contributed by atoms with Gasteiger partial charge in [0.25, 0.3) is 0 Å². The van der Waals surface area contributed by atoms with Crippen LogP contribution in [0.4, 0.5) is 13.2 Å². The molecular weight excluding hydrogens is 589 g/mol. The molecule has 0 spiro atoms. The van der Waals surface area contributed by atoms with E-state index in [-0.39, 0.29) is 24.0 Å². The van der Waals surface area contributed by atoms with Gasteiger partial charge >= 0.3 is 12.1 Å². The first-order valence-electron chi connectivity index (χ1n) is 14.5. The number of allylic oxidation sites excluding steroid dienone is 3. The van der Waals surface area contributed by atoms with Gasteiger partial charge in [0.05, 0.1) is 22.7 Å². The Kier molecular flexibility index (Phi) is 11.3. The van der Waals surface area contributed by atoms with Crippen molar-refractivity contribution >= 4 is 28.5 Å². The standard InChI is InChI=1S/C35H36ClF3N2O3/c1-3-11-25(4-2)29(26-12-6-5-7-13-26)23-40(22-27-14-8-15-30(34(27)36)35(37,38)39)19-10-21-44-32-17-9-16-31-28(32)18-20-41(31)24-33(42)43/h3-9,11-18,20,29H,10,19,21-24H2,1-2H3,(H,42,43)/b11-3-,25-4+. The van der Waals surface area contributed by atoms with Gasteiger partial charge in [-0.25, -0.2) is 0 Å². The van der Waals surface area contributed by atoms with Crippen LogP contribution in [0.2, 0.25) is 5.02 Å². The third kappa shape index (κ3) is 8.33. The van der Waals surface area contributed by atoms with E-state index in [4.69, 9.17) is 16.3 Å². The molecular formula is C35H36ClF3N2O3. The summed E-state index contributed by atoms with van der Waals surface area (Å²) in [4.78, 5) is 13.4. The van der Waals surface area contributed by atoms with Crippen molar-refractivity contribution in [2.75, 3.05) is 19.7 Å². The third-order valence-electron chi connectivity index (χ3n) is 7.47. The van der Waals surface area contributed by atoms with E-state index in [1.807, 2.05) is 62.4 Å². The Morgan fingerprint density at radius 3 is 2.48 bits per heavy atom. The number of carboxylic acids is 1. The molecule has 0 radical (unpaired) electrons. The van der Waals surface area contributed by atoms with Crippen LogP contribution in [0.3, 0.4) is 0 Å². The van der Waals surface area contributed by atoms with Gasteiger partial charge in [-0.2, -0.15) is 13.2 Å². The molecule has 0 fully saturated rings. The number of rotatable bonds is 14. The lowest BCUT2D eigenvalue weighted by Gasteiger charge is -2.29. The highest BCUT2D eigenvalue weighted by molar-refractivity contribution is 6.32. The summed E-state index contributed by atoms with van der Waals surface area (Å²) in [5.41, 5.74) is 2.54. The highest BCUT2D eigenvalue weighted by atomic mass is 35.5. The van der Waals surface area contributed by atoms with E-state index in [1.165, 1.54) is 6.07 Å². The minimum absolute atomic E-state index is 0.0226. The predicted octanol–water partition coefficient (Wildman–Crippen LogP) is 8.98. The van der Waals surface area contributed by atoms with Gasteiger partial charge in [-0.05, 0) is 61.2 Å². The highest BCUT2D eigenvalue weighted by Gasteiger charge is 2.34. The zero-order chi connectivity index (χ0) is 31.7. The number of fused-ring (bicyclic) bond motifs is 1. The van der Waals surface area contributed by atoms with E-state index in [9.17, 15) is 23.1 Å². The largest absolute Gasteiger partial charge is 0.493 e. The maximum Gasteiger partial charge on any atom is 0.417 e. The summed E-state index contributed by atoms with van der Waals surface area (Å²) in [5, 5.41) is 9.74. The van der Waals surface area contributed by atoms with Crippen LogP contribution in [0.25, 0.3) is 10.9 Å². The fraction of sp³-hybridized carbons (Fsp3) is 0.286. The van der Waals surface area contributed by atoms with Crippen molar-refractivity contribution in [1.29, 1.82) is 0 Å². The summed E-state index contributed by atoms with van der Waals surface area (Å²) in [6, 6.07) is 21.4. The van der Waals surface area contributed by atoms with E-state index in [0.29, 0.717) is 37.4 Å². The van der Waals surface area contributed by atoms with E-state index in [2.05, 4.69) is 29.2 Å². The van der Waals surface area contributed by atoms with E-state index < -0.39 is 17.7 Å². The maximum atomic E-state index is 13.7. The van der Waals surface area contributed by atoms with Gasteiger partial charge < -0.3 is 14.4 Å². The van der Waals surface area contributed by atoms with Gasteiger partial charge in [0, 0.05) is 37.1 Å². The van der Waals surface area contributed by atoms with Crippen molar-refractivity contribution in [2.24, 2.45) is 0 Å². The van der Waals surface area contributed by atoms with Crippen LogP contribution >= 0.6 is 11.6 Å². The van der Waals surface area contributed by atoms with E-state index in [1.54, 1.807) is 16.8 Å². The van der Waals surface area contributed by atoms with Crippen molar-refractivity contribution in [3.8, 4) is 5.75 Å². The lowest BCUT2D eigenvalue weighted by molar-refractivity contribution is -0.138. The Balaban J connectivity index is 1.57. The number of halogens is 4. The van der Waals surface area contributed by atoms with Gasteiger partial charge in [-0.15, -0.1) is 0 Å². The number of carboxylic acid groups (broad SMARTS) is 1. The maximum absolute atomic E-state index is 13.7. The molecule has 4 rings (SSSR count). The SMILES string of the molecule is C/C=C\C(=C/C)C(CN(CCCOc1cccc2c1ccn2CC(=O)O)Cc1cccc(C(F)(F)F)c1Cl)c1ccccc1. The van der Waals surface area contributed by atoms with Gasteiger partial charge in [-0.1, -0.05) is 78.4 Å². The van der Waals surface area contributed by atoms with Crippen LogP contribution in [-0.2, 0) is 24.1 Å². The molecule has 0 amide bonds. The molecule has 5 nitrogen and oxygen atoms in total. The number of hydrogen-bond donors (Lipinski definition) is 1. The molecule has 1 N–H and O–H groups in total. The second-order valence-corrected chi connectivity index (χ2v) is 10.9. The number of hydrogen-bond acceptors (Lipinski definition) is 3. The number of benzene rings is 3. The fourth-order valence-corrected chi connectivity index (χ4v) is 5.72. The average Bonchev–Trinajstić information content (AvgIpc) is 3.40. The summed E-state index contributed by atoms with van der Waals surface area (Å²) in [6.07, 6.45) is 3.88. The predicted molar refractivity (Wildman–Crippen MR) is 169 cm³/mol. The number of carbonyl (C=O) groups is 1. The molecule has 1 atom stereocenters. The van der Waals surface area contributed by atoms with Crippen LogP contribution < -0.4 is 4.74 Å². The number of aromatic nitrogens is 1. The summed E-state index contributed by atoms with van der Waals surface area (Å²) in [6.45, 7) is 5.47. The van der Waals surface area contributed by atoms with Gasteiger partial charge in [-0.3, -0.25) is 9.69 Å². The fourth-order valence-electron chi connectivity index (χ4n) is 5.42. The molecule has 3 aromatic carbocycles. The van der Waals surface area contributed by atoms with Crippen LogP contribution in [0, 0.1) is 0 Å². The smallest absolute Gasteiger partial charge is 0.417 e. The van der Waals surface area contributed by atoms with Crippen molar-refractivity contribution in [1.82, 2.24) is 9.47 Å². The summed E-state index contributed by atoms with van der Waals surface area (Å²) in [7, 11) is 0. The lowest BCUT2D eigenvalue weighted by Crippen LogP contribution is -2.31. The zero-order valence-electron chi connectivity index (χ0n) is 24.7. The number of ether oxygens (including phenoxy) is 1. The Morgan fingerprint density at radius 1 is 1.05 bits per heavy atom. The number of alkyl halides is 3. The van der Waals surface area contributed by atoms with Gasteiger partial charge in [0.1, 0.15) is 12.3 Å². The summed E-state index contributed by atoms with van der Waals surface area (Å²) < 4.78 is 48.8. The molecule has 0 aliphatic heterocycles. The molecule has 9 heteroatoms. The van der Waals surface area contributed by atoms with Crippen molar-refractivity contribution in [3.05, 3.63) is 125 Å². The average molecular weight is 625 g/mol. The molecule has 44 heavy (non-hydrogen) atoms. The molecule has 4 aromatic rings. The summed E-state index contributed by atoms with van der Waals surface area (Å²) in [5.74, 6) is -0.310. The second kappa shape index (κ2) is 15.1. The Labute approximate surface area is 260 Å². The second-order valence-electron chi connectivity index (χ2n) is 10.5. The number of aliphatic carboxylic acids is 1. The molecule has 1 unspecified atom stereocenters. The van der Waals surface area contributed by atoms with Crippen LogP contribution in [0.15, 0.2) is 103 Å². The van der Waals surface area contributed by atoms with Crippen LogP contribution in [0.1, 0.15) is 42.9 Å². The molecule has 0 bridgehead atoms. The topological polar surface area (TPSA) is 54.7 Å². The lowest BCUT2D eigenvalue weighted by atomic mass is 9.89. The zero-order valence-corrected chi connectivity index (χ0v) is 25.5. The molecule has 0 aliphatic carbocycles. The Hall–Kier alpha value is -4.01. The minimum atomic E-state index is -4.55. The first-order valence-corrected chi connectivity index (χ1v) is 14.8. The monoisotopic (exact) mass is 624 g/mol.